The molecule has 0 unspecified atom stereocenters. The number of rotatable bonds is 6. The molecule has 10 nitrogen and oxygen atoms in total. The molecule has 0 aliphatic carbocycles. The van der Waals surface area contributed by atoms with Crippen LogP contribution in [0, 0.1) is 5.92 Å². The summed E-state index contributed by atoms with van der Waals surface area (Å²) in [4.78, 5) is 41.3. The first kappa shape index (κ1) is 21.8. The first-order valence-electron chi connectivity index (χ1n) is 9.72. The number of hydrogen-bond donors (Lipinski definition) is 4. The zero-order valence-electron chi connectivity index (χ0n) is 16.7. The molecule has 1 aliphatic heterocycles. The molecule has 10 heteroatoms. The van der Waals surface area contributed by atoms with Gasteiger partial charge in [-0.2, -0.15) is 0 Å². The molecule has 2 amide bonds. The topological polar surface area (TPSA) is 158 Å². The smallest absolute Gasteiger partial charge is 0.306 e. The Balaban J connectivity index is 1.53. The van der Waals surface area contributed by atoms with Crippen LogP contribution in [0.1, 0.15) is 28.9 Å². The molecule has 2 aromatic rings. The van der Waals surface area contributed by atoms with E-state index in [0.29, 0.717) is 37.2 Å². The number of nitrogens with two attached hydrogens (primary N) is 1. The van der Waals surface area contributed by atoms with Gasteiger partial charge in [-0.25, -0.2) is 0 Å². The number of carbonyl (C=O) groups excluding carboxylic acids is 2. The van der Waals surface area contributed by atoms with E-state index in [1.165, 1.54) is 0 Å². The van der Waals surface area contributed by atoms with E-state index < -0.39 is 11.9 Å². The second-order valence-electron chi connectivity index (χ2n) is 7.17. The molecular formula is C21H23N5O5. The van der Waals surface area contributed by atoms with Gasteiger partial charge in [-0.05, 0) is 36.6 Å². The summed E-state index contributed by atoms with van der Waals surface area (Å²) in [5.74, 6) is -1.94. The predicted molar refractivity (Wildman–Crippen MR) is 111 cm³/mol. The molecule has 0 atom stereocenters. The Hall–Kier alpha value is -3.95. The lowest BCUT2D eigenvalue weighted by molar-refractivity contribution is -0.145. The van der Waals surface area contributed by atoms with Crippen LogP contribution in [0.5, 0.6) is 0 Å². The maximum atomic E-state index is 12.4. The number of carbonyl (C=O) groups is 3. The summed E-state index contributed by atoms with van der Waals surface area (Å²) in [6.07, 6.45) is 2.42. The van der Waals surface area contributed by atoms with Gasteiger partial charge in [0.1, 0.15) is 5.69 Å². The van der Waals surface area contributed by atoms with Gasteiger partial charge in [0.25, 0.3) is 5.91 Å². The molecule has 1 fully saturated rings. The molecule has 162 valence electrons. The van der Waals surface area contributed by atoms with Crippen molar-refractivity contribution in [3.63, 3.8) is 0 Å². The maximum absolute atomic E-state index is 12.4. The average Bonchev–Trinajstić information content (AvgIpc) is 2.82. The Kier molecular flexibility index (Phi) is 6.81. The van der Waals surface area contributed by atoms with Gasteiger partial charge in [0, 0.05) is 30.4 Å². The molecule has 1 aromatic heterocycles. The van der Waals surface area contributed by atoms with E-state index in [0.717, 1.165) is 11.1 Å². The van der Waals surface area contributed by atoms with Gasteiger partial charge in [0.05, 0.1) is 12.5 Å². The minimum absolute atomic E-state index is 0.0839. The van der Waals surface area contributed by atoms with Crippen molar-refractivity contribution in [3.8, 4) is 11.1 Å². The van der Waals surface area contributed by atoms with Crippen molar-refractivity contribution >= 4 is 23.6 Å². The third kappa shape index (κ3) is 5.35. The Morgan fingerprint density at radius 1 is 1.10 bits per heavy atom. The van der Waals surface area contributed by atoms with Crippen LogP contribution in [0.4, 0.5) is 0 Å². The van der Waals surface area contributed by atoms with Crippen molar-refractivity contribution in [1.82, 2.24) is 15.2 Å². The number of pyridine rings is 1. The number of amidine groups is 1. The van der Waals surface area contributed by atoms with Crippen LogP contribution >= 0.6 is 0 Å². The number of oxime groups is 1. The van der Waals surface area contributed by atoms with Crippen LogP contribution in [-0.2, 0) is 9.59 Å². The lowest BCUT2D eigenvalue weighted by Crippen LogP contribution is -2.45. The Morgan fingerprint density at radius 2 is 1.74 bits per heavy atom. The fraction of sp³-hybridized carbons (Fsp3) is 0.286. The van der Waals surface area contributed by atoms with E-state index in [-0.39, 0.29) is 24.2 Å². The highest BCUT2D eigenvalue weighted by Crippen LogP contribution is 2.20. The largest absolute Gasteiger partial charge is 0.481 e. The van der Waals surface area contributed by atoms with Crippen molar-refractivity contribution in [3.05, 3.63) is 53.9 Å². The van der Waals surface area contributed by atoms with E-state index in [9.17, 15) is 14.4 Å². The summed E-state index contributed by atoms with van der Waals surface area (Å²) >= 11 is 0. The molecule has 0 saturated carbocycles. The SMILES string of the molecule is N/C(=N\O)c1ccc(-c2ccc(C(=O)NCC(=O)N3CCC(C(=O)O)CC3)cc2)cn1. The van der Waals surface area contributed by atoms with Gasteiger partial charge < -0.3 is 26.3 Å². The van der Waals surface area contributed by atoms with Crippen molar-refractivity contribution in [2.24, 2.45) is 16.8 Å². The minimum atomic E-state index is -0.835. The van der Waals surface area contributed by atoms with Crippen molar-refractivity contribution in [2.75, 3.05) is 19.6 Å². The first-order chi connectivity index (χ1) is 14.9. The molecule has 0 spiro atoms. The summed E-state index contributed by atoms with van der Waals surface area (Å²) in [6, 6.07) is 10.2. The molecular weight excluding hydrogens is 402 g/mol. The fourth-order valence-corrected chi connectivity index (χ4v) is 3.33. The number of nitrogens with one attached hydrogen (secondary N) is 1. The predicted octanol–water partition coefficient (Wildman–Crippen LogP) is 0.896. The van der Waals surface area contributed by atoms with Crippen LogP contribution in [0.2, 0.25) is 0 Å². The lowest BCUT2D eigenvalue weighted by atomic mass is 9.97. The fourth-order valence-electron chi connectivity index (χ4n) is 3.33. The van der Waals surface area contributed by atoms with Crippen molar-refractivity contribution in [2.45, 2.75) is 12.8 Å². The second-order valence-corrected chi connectivity index (χ2v) is 7.17. The number of likely N-dealkylation sites (tertiary alicyclic amines) is 1. The van der Waals surface area contributed by atoms with Crippen LogP contribution in [0.25, 0.3) is 11.1 Å². The average molecular weight is 425 g/mol. The molecule has 0 bridgehead atoms. The normalized spacial score (nSPS) is 14.8. The van der Waals surface area contributed by atoms with Crippen LogP contribution < -0.4 is 11.1 Å². The molecule has 1 saturated heterocycles. The van der Waals surface area contributed by atoms with Gasteiger partial charge >= 0.3 is 5.97 Å². The van der Waals surface area contributed by atoms with Gasteiger partial charge in [-0.3, -0.25) is 19.4 Å². The van der Waals surface area contributed by atoms with E-state index in [4.69, 9.17) is 16.0 Å². The number of carboxylic acids is 1. The van der Waals surface area contributed by atoms with E-state index in [2.05, 4.69) is 15.5 Å². The quantitative estimate of drug-likeness (QED) is 0.232. The first-order valence-corrected chi connectivity index (χ1v) is 9.72. The highest BCUT2D eigenvalue weighted by molar-refractivity contribution is 5.97. The lowest BCUT2D eigenvalue weighted by Gasteiger charge is -2.30. The van der Waals surface area contributed by atoms with E-state index in [1.807, 2.05) is 0 Å². The number of carboxylic acid groups (broad SMARTS) is 1. The molecule has 2 heterocycles. The third-order valence-corrected chi connectivity index (χ3v) is 5.21. The summed E-state index contributed by atoms with van der Waals surface area (Å²) < 4.78 is 0. The summed E-state index contributed by atoms with van der Waals surface area (Å²) in [5.41, 5.74) is 7.86. The number of aromatic nitrogens is 1. The zero-order valence-corrected chi connectivity index (χ0v) is 16.7. The molecule has 31 heavy (non-hydrogen) atoms. The molecule has 1 aromatic carbocycles. The summed E-state index contributed by atoms with van der Waals surface area (Å²) in [6.45, 7) is 0.615. The van der Waals surface area contributed by atoms with Gasteiger partial charge in [0.2, 0.25) is 5.91 Å². The zero-order chi connectivity index (χ0) is 22.4. The van der Waals surface area contributed by atoms with Gasteiger partial charge in [-0.1, -0.05) is 23.4 Å². The van der Waals surface area contributed by atoms with Crippen LogP contribution in [0.15, 0.2) is 47.8 Å². The number of nitrogens with zero attached hydrogens (tertiary/aromatic N) is 3. The highest BCUT2D eigenvalue weighted by Gasteiger charge is 2.27. The van der Waals surface area contributed by atoms with Gasteiger partial charge in [-0.15, -0.1) is 0 Å². The monoisotopic (exact) mass is 425 g/mol. The number of benzene rings is 1. The number of aliphatic carboxylic acids is 1. The van der Waals surface area contributed by atoms with Crippen molar-refractivity contribution < 1.29 is 24.7 Å². The molecule has 3 rings (SSSR count). The Labute approximate surface area is 178 Å². The summed E-state index contributed by atoms with van der Waals surface area (Å²) in [5, 5.41) is 23.2. The minimum Gasteiger partial charge on any atom is -0.481 e. The molecule has 1 aliphatic rings. The third-order valence-electron chi connectivity index (χ3n) is 5.21. The van der Waals surface area contributed by atoms with Crippen LogP contribution in [-0.4, -0.2) is 63.5 Å². The van der Waals surface area contributed by atoms with Crippen LogP contribution in [0.3, 0.4) is 0 Å². The van der Waals surface area contributed by atoms with Crippen molar-refractivity contribution in [1.29, 1.82) is 0 Å². The number of amides is 2. The Bertz CT molecular complexity index is 980. The standard InChI is InChI=1S/C21H23N5O5/c22-19(25-31)17-6-5-16(11-23-17)13-1-3-14(4-2-13)20(28)24-12-18(27)26-9-7-15(8-10-26)21(29)30/h1-6,11,15,31H,7-10,12H2,(H2,22,25)(H,24,28)(H,29,30). The summed E-state index contributed by atoms with van der Waals surface area (Å²) in [7, 11) is 0. The van der Waals surface area contributed by atoms with E-state index in [1.54, 1.807) is 47.5 Å². The number of piperidine rings is 1. The second kappa shape index (κ2) is 9.70. The van der Waals surface area contributed by atoms with E-state index >= 15 is 0 Å². The van der Waals surface area contributed by atoms with Gasteiger partial charge in [0.15, 0.2) is 5.84 Å². The number of hydrogen-bond acceptors (Lipinski definition) is 6. The maximum Gasteiger partial charge on any atom is 0.306 e. The Morgan fingerprint density at radius 3 is 2.29 bits per heavy atom. The molecule has 0 radical (unpaired) electrons. The highest BCUT2D eigenvalue weighted by atomic mass is 16.4. The molecule has 5 N–H and O–H groups in total.